The molecule has 5 nitrogen and oxygen atoms in total. The van der Waals surface area contributed by atoms with Crippen molar-refractivity contribution in [3.63, 3.8) is 0 Å². The van der Waals surface area contributed by atoms with Crippen molar-refractivity contribution in [2.75, 3.05) is 18.4 Å². The molecular weight excluding hydrogens is 333 g/mol. The highest BCUT2D eigenvalue weighted by Crippen LogP contribution is 2.19. The lowest BCUT2D eigenvalue weighted by atomic mass is 10.1. The van der Waals surface area contributed by atoms with Crippen LogP contribution in [0.25, 0.3) is 0 Å². The average Bonchev–Trinajstić information content (AvgIpc) is 3.15. The molecule has 26 heavy (non-hydrogen) atoms. The summed E-state index contributed by atoms with van der Waals surface area (Å²) in [5.74, 6) is -1.32. The van der Waals surface area contributed by atoms with Gasteiger partial charge in [0.25, 0.3) is 11.8 Å². The highest BCUT2D eigenvalue weighted by Gasteiger charge is 2.17. The van der Waals surface area contributed by atoms with Crippen molar-refractivity contribution in [1.82, 2.24) is 10.6 Å². The first kappa shape index (κ1) is 18.1. The zero-order chi connectivity index (χ0) is 18.5. The smallest absolute Gasteiger partial charge is 0.258 e. The summed E-state index contributed by atoms with van der Waals surface area (Å²) in [5, 5.41) is 8.92. The van der Waals surface area contributed by atoms with Crippen LogP contribution in [-0.2, 0) is 0 Å². The molecule has 1 atom stereocenters. The summed E-state index contributed by atoms with van der Waals surface area (Å²) >= 11 is 0. The van der Waals surface area contributed by atoms with E-state index >= 15 is 0 Å². The third-order valence-corrected chi connectivity index (χ3v) is 4.54. The maximum atomic E-state index is 13.8. The van der Waals surface area contributed by atoms with Gasteiger partial charge in [0.15, 0.2) is 0 Å². The Balaban J connectivity index is 1.69. The fraction of sp³-hybridized carbons (Fsp3) is 0.300. The van der Waals surface area contributed by atoms with Crippen LogP contribution < -0.4 is 16.0 Å². The molecule has 1 saturated heterocycles. The summed E-state index contributed by atoms with van der Waals surface area (Å²) in [6.45, 7) is 3.38. The van der Waals surface area contributed by atoms with Gasteiger partial charge in [0.05, 0.1) is 5.56 Å². The first-order valence-electron chi connectivity index (χ1n) is 8.72. The van der Waals surface area contributed by atoms with Crippen LogP contribution in [0.3, 0.4) is 0 Å². The largest absolute Gasteiger partial charge is 0.350 e. The van der Waals surface area contributed by atoms with E-state index in [4.69, 9.17) is 0 Å². The number of anilines is 1. The highest BCUT2D eigenvalue weighted by atomic mass is 19.1. The van der Waals surface area contributed by atoms with Crippen LogP contribution >= 0.6 is 0 Å². The van der Waals surface area contributed by atoms with Crippen LogP contribution in [0.1, 0.15) is 39.1 Å². The molecule has 1 aliphatic rings. The maximum Gasteiger partial charge on any atom is 0.258 e. The van der Waals surface area contributed by atoms with E-state index in [2.05, 4.69) is 16.0 Å². The quantitative estimate of drug-likeness (QED) is 0.772. The molecule has 2 aromatic rings. The Morgan fingerprint density at radius 2 is 2.00 bits per heavy atom. The molecule has 3 rings (SSSR count). The third kappa shape index (κ3) is 4.26. The summed E-state index contributed by atoms with van der Waals surface area (Å²) in [4.78, 5) is 24.7. The molecule has 0 bridgehead atoms. The first-order valence-corrected chi connectivity index (χ1v) is 8.72. The van der Waals surface area contributed by atoms with Crippen LogP contribution in [0, 0.1) is 12.7 Å². The topological polar surface area (TPSA) is 70.2 Å². The van der Waals surface area contributed by atoms with Gasteiger partial charge in [-0.05, 0) is 56.1 Å². The molecular formula is C20H22FN3O2. The van der Waals surface area contributed by atoms with E-state index in [1.807, 2.05) is 6.92 Å². The molecule has 1 fully saturated rings. The Labute approximate surface area is 152 Å². The molecule has 1 heterocycles. The molecule has 0 radical (unpaired) electrons. The number of nitrogens with one attached hydrogen (secondary N) is 3. The summed E-state index contributed by atoms with van der Waals surface area (Å²) in [6, 6.07) is 11.2. The monoisotopic (exact) mass is 355 g/mol. The number of rotatable bonds is 5. The van der Waals surface area contributed by atoms with Gasteiger partial charge in [0, 0.05) is 23.8 Å². The second kappa shape index (κ2) is 8.10. The van der Waals surface area contributed by atoms with E-state index < -0.39 is 11.7 Å². The zero-order valence-corrected chi connectivity index (χ0v) is 14.6. The number of halogens is 1. The number of carbonyl (C=O) groups excluding carboxylic acids is 2. The first-order chi connectivity index (χ1) is 12.5. The number of aryl methyl sites for hydroxylation is 1. The minimum absolute atomic E-state index is 0.0333. The molecule has 0 spiro atoms. The Bertz CT molecular complexity index is 816. The van der Waals surface area contributed by atoms with Crippen molar-refractivity contribution in [1.29, 1.82) is 0 Å². The van der Waals surface area contributed by atoms with Gasteiger partial charge < -0.3 is 16.0 Å². The molecule has 2 aromatic carbocycles. The van der Waals surface area contributed by atoms with E-state index in [1.165, 1.54) is 18.2 Å². The van der Waals surface area contributed by atoms with Gasteiger partial charge in [-0.3, -0.25) is 9.59 Å². The Morgan fingerprint density at radius 1 is 1.19 bits per heavy atom. The van der Waals surface area contributed by atoms with Crippen LogP contribution in [0.5, 0.6) is 0 Å². The van der Waals surface area contributed by atoms with Crippen LogP contribution in [-0.4, -0.2) is 30.9 Å². The fourth-order valence-corrected chi connectivity index (χ4v) is 2.98. The molecule has 0 aliphatic carbocycles. The normalized spacial score (nSPS) is 16.3. The lowest BCUT2D eigenvalue weighted by Crippen LogP contribution is -2.37. The van der Waals surface area contributed by atoms with Crippen molar-refractivity contribution in [2.45, 2.75) is 25.8 Å². The van der Waals surface area contributed by atoms with Gasteiger partial charge in [-0.15, -0.1) is 0 Å². The van der Waals surface area contributed by atoms with Crippen LogP contribution in [0.4, 0.5) is 10.1 Å². The number of hydrogen-bond acceptors (Lipinski definition) is 3. The lowest BCUT2D eigenvalue weighted by molar-refractivity contribution is 0.0949. The van der Waals surface area contributed by atoms with E-state index in [9.17, 15) is 14.0 Å². The maximum absolute atomic E-state index is 13.8. The van der Waals surface area contributed by atoms with Gasteiger partial charge in [0.1, 0.15) is 5.82 Å². The van der Waals surface area contributed by atoms with Crippen molar-refractivity contribution < 1.29 is 14.0 Å². The number of amides is 2. The summed E-state index contributed by atoms with van der Waals surface area (Å²) in [7, 11) is 0. The fourth-order valence-electron chi connectivity index (χ4n) is 2.98. The Hall–Kier alpha value is -2.73. The Kier molecular flexibility index (Phi) is 5.63. The van der Waals surface area contributed by atoms with Gasteiger partial charge in [-0.1, -0.05) is 18.2 Å². The molecule has 6 heteroatoms. The second-order valence-corrected chi connectivity index (χ2v) is 6.47. The minimum Gasteiger partial charge on any atom is -0.350 e. The predicted octanol–water partition coefficient (Wildman–Crippen LogP) is 2.87. The van der Waals surface area contributed by atoms with Gasteiger partial charge >= 0.3 is 0 Å². The third-order valence-electron chi connectivity index (χ3n) is 4.54. The van der Waals surface area contributed by atoms with E-state index in [1.54, 1.807) is 24.3 Å². The summed E-state index contributed by atoms with van der Waals surface area (Å²) in [6.07, 6.45) is 2.18. The minimum atomic E-state index is -0.583. The number of carbonyl (C=O) groups is 2. The summed E-state index contributed by atoms with van der Waals surface area (Å²) < 4.78 is 13.8. The Morgan fingerprint density at radius 3 is 2.73 bits per heavy atom. The van der Waals surface area contributed by atoms with Crippen molar-refractivity contribution in [2.24, 2.45) is 0 Å². The van der Waals surface area contributed by atoms with Crippen molar-refractivity contribution >= 4 is 17.5 Å². The van der Waals surface area contributed by atoms with E-state index in [0.717, 1.165) is 24.9 Å². The van der Waals surface area contributed by atoms with Gasteiger partial charge in [-0.25, -0.2) is 4.39 Å². The van der Waals surface area contributed by atoms with Crippen molar-refractivity contribution in [3.05, 3.63) is 65.0 Å². The number of benzene rings is 2. The average molecular weight is 355 g/mol. The van der Waals surface area contributed by atoms with E-state index in [0.29, 0.717) is 23.8 Å². The van der Waals surface area contributed by atoms with Gasteiger partial charge in [0.2, 0.25) is 0 Å². The number of hydrogen-bond donors (Lipinski definition) is 3. The van der Waals surface area contributed by atoms with Crippen molar-refractivity contribution in [3.8, 4) is 0 Å². The predicted molar refractivity (Wildman–Crippen MR) is 98.9 cm³/mol. The molecule has 1 aliphatic heterocycles. The molecule has 0 aromatic heterocycles. The molecule has 0 saturated carbocycles. The SMILES string of the molecule is Cc1ccc(C(=O)NCC2CCCN2)cc1NC(=O)c1ccccc1F. The van der Waals surface area contributed by atoms with Crippen LogP contribution in [0.2, 0.25) is 0 Å². The van der Waals surface area contributed by atoms with E-state index in [-0.39, 0.29) is 11.5 Å². The van der Waals surface area contributed by atoms with Gasteiger partial charge in [-0.2, -0.15) is 0 Å². The molecule has 1 unspecified atom stereocenters. The molecule has 136 valence electrons. The molecule has 2 amide bonds. The summed E-state index contributed by atoms with van der Waals surface area (Å²) in [5.41, 5.74) is 1.71. The van der Waals surface area contributed by atoms with Crippen LogP contribution in [0.15, 0.2) is 42.5 Å². The second-order valence-electron chi connectivity index (χ2n) is 6.47. The molecule has 3 N–H and O–H groups in total. The zero-order valence-electron chi connectivity index (χ0n) is 14.6. The standard InChI is InChI=1S/C20H22FN3O2/c1-13-8-9-14(19(25)23-12-15-5-4-10-22-15)11-18(13)24-20(26)16-6-2-3-7-17(16)21/h2-3,6-9,11,15,22H,4-5,10,12H2,1H3,(H,23,25)(H,24,26). The highest BCUT2D eigenvalue weighted by molar-refractivity contribution is 6.05. The lowest BCUT2D eigenvalue weighted by Gasteiger charge is -2.13.